The highest BCUT2D eigenvalue weighted by atomic mass is 32.1. The topological polar surface area (TPSA) is 50.7 Å². The lowest BCUT2D eigenvalue weighted by molar-refractivity contribution is 1.10. The maximum atomic E-state index is 4.67. The first kappa shape index (κ1) is 18.5. The Morgan fingerprint density at radius 1 is 0.833 bits per heavy atom. The molecule has 0 bridgehead atoms. The summed E-state index contributed by atoms with van der Waals surface area (Å²) in [6, 6.07) is 25.2. The molecule has 2 aromatic carbocycles. The number of anilines is 2. The molecule has 0 aliphatic carbocycles. The third kappa shape index (κ3) is 3.93. The Balaban J connectivity index is 1.42. The molecule has 3 aromatic heterocycles. The number of aryl methyl sites for hydroxylation is 1. The first-order valence-corrected chi connectivity index (χ1v) is 10.6. The Bertz CT molecular complexity index is 1280. The minimum atomic E-state index is 0.765. The van der Waals surface area contributed by atoms with Gasteiger partial charge in [-0.05, 0) is 60.4 Å². The van der Waals surface area contributed by atoms with Crippen LogP contribution in [0.25, 0.3) is 20.7 Å². The van der Waals surface area contributed by atoms with E-state index in [1.807, 2.05) is 37.5 Å². The van der Waals surface area contributed by atoms with Gasteiger partial charge in [-0.25, -0.2) is 9.97 Å². The predicted octanol–water partition coefficient (Wildman–Crippen LogP) is 6.40. The molecule has 5 heteroatoms. The van der Waals surface area contributed by atoms with Crippen LogP contribution in [0.5, 0.6) is 0 Å². The van der Waals surface area contributed by atoms with Crippen molar-refractivity contribution in [1.29, 1.82) is 0 Å². The Hall–Kier alpha value is -3.57. The second-order valence-corrected chi connectivity index (χ2v) is 8.20. The van der Waals surface area contributed by atoms with Gasteiger partial charge in [0.25, 0.3) is 0 Å². The van der Waals surface area contributed by atoms with E-state index in [1.54, 1.807) is 11.3 Å². The van der Waals surface area contributed by atoms with Crippen molar-refractivity contribution in [3.63, 3.8) is 0 Å². The van der Waals surface area contributed by atoms with Gasteiger partial charge in [-0.15, -0.1) is 11.3 Å². The molecule has 146 valence electrons. The van der Waals surface area contributed by atoms with Crippen LogP contribution in [0.4, 0.5) is 11.5 Å². The van der Waals surface area contributed by atoms with Gasteiger partial charge < -0.3 is 5.32 Å². The zero-order valence-corrected chi connectivity index (χ0v) is 17.4. The summed E-state index contributed by atoms with van der Waals surface area (Å²) in [5.74, 6) is 1.61. The molecule has 0 radical (unpaired) electrons. The first-order chi connectivity index (χ1) is 14.7. The van der Waals surface area contributed by atoms with Crippen molar-refractivity contribution < 1.29 is 0 Å². The molecule has 30 heavy (non-hydrogen) atoms. The normalized spacial score (nSPS) is 11.0. The molecule has 0 fully saturated rings. The molecule has 0 unspecified atom stereocenters. The van der Waals surface area contributed by atoms with Gasteiger partial charge >= 0.3 is 0 Å². The molecular weight excluding hydrogens is 388 g/mol. The number of nitrogens with one attached hydrogen (secondary N) is 1. The Labute approximate surface area is 179 Å². The summed E-state index contributed by atoms with van der Waals surface area (Å²) in [7, 11) is 0. The van der Waals surface area contributed by atoms with E-state index in [4.69, 9.17) is 0 Å². The zero-order chi connectivity index (χ0) is 20.3. The lowest BCUT2D eigenvalue weighted by Gasteiger charge is -2.09. The van der Waals surface area contributed by atoms with Crippen molar-refractivity contribution in [3.05, 3.63) is 102 Å². The van der Waals surface area contributed by atoms with Gasteiger partial charge in [0.05, 0.1) is 5.39 Å². The quantitative estimate of drug-likeness (QED) is 0.366. The summed E-state index contributed by atoms with van der Waals surface area (Å²) >= 11 is 1.70. The fourth-order valence-electron chi connectivity index (χ4n) is 3.45. The number of hydrogen-bond acceptors (Lipinski definition) is 5. The summed E-state index contributed by atoms with van der Waals surface area (Å²) in [6.45, 7) is 1.93. The van der Waals surface area contributed by atoms with Gasteiger partial charge in [0, 0.05) is 23.0 Å². The summed E-state index contributed by atoms with van der Waals surface area (Å²) in [6.07, 6.45) is 4.56. The summed E-state index contributed by atoms with van der Waals surface area (Å²) in [5.41, 5.74) is 4.73. The van der Waals surface area contributed by atoms with Gasteiger partial charge in [0.15, 0.2) is 0 Å². The van der Waals surface area contributed by atoms with Crippen LogP contribution < -0.4 is 5.32 Å². The minimum Gasteiger partial charge on any atom is -0.340 e. The minimum absolute atomic E-state index is 0.765. The maximum Gasteiger partial charge on any atom is 0.142 e. The molecular formula is C25H20N4S. The van der Waals surface area contributed by atoms with Crippen LogP contribution in [0.15, 0.2) is 85.2 Å². The van der Waals surface area contributed by atoms with Crippen LogP contribution in [0.2, 0.25) is 0 Å². The van der Waals surface area contributed by atoms with Gasteiger partial charge in [0.2, 0.25) is 0 Å². The van der Waals surface area contributed by atoms with E-state index in [0.29, 0.717) is 0 Å². The van der Waals surface area contributed by atoms with E-state index in [1.165, 1.54) is 21.6 Å². The van der Waals surface area contributed by atoms with E-state index in [9.17, 15) is 0 Å². The highest BCUT2D eigenvalue weighted by Gasteiger charge is 2.12. The molecule has 4 nitrogen and oxygen atoms in total. The molecule has 5 aromatic rings. The average molecular weight is 409 g/mol. The Morgan fingerprint density at radius 2 is 1.57 bits per heavy atom. The van der Waals surface area contributed by atoms with Crippen LogP contribution in [0, 0.1) is 6.92 Å². The van der Waals surface area contributed by atoms with Crippen LogP contribution in [-0.4, -0.2) is 15.0 Å². The van der Waals surface area contributed by atoms with Crippen molar-refractivity contribution in [3.8, 4) is 10.4 Å². The molecule has 0 spiro atoms. The van der Waals surface area contributed by atoms with Crippen molar-refractivity contribution >= 4 is 33.1 Å². The van der Waals surface area contributed by atoms with Gasteiger partial charge in [-0.3, -0.25) is 4.98 Å². The predicted molar refractivity (Wildman–Crippen MR) is 124 cm³/mol. The highest BCUT2D eigenvalue weighted by Crippen LogP contribution is 2.36. The summed E-state index contributed by atoms with van der Waals surface area (Å²) in [5, 5.41) is 4.54. The number of thiophene rings is 1. The highest BCUT2D eigenvalue weighted by molar-refractivity contribution is 7.21. The number of rotatable bonds is 5. The van der Waals surface area contributed by atoms with Crippen LogP contribution in [0.3, 0.4) is 0 Å². The van der Waals surface area contributed by atoms with E-state index < -0.39 is 0 Å². The van der Waals surface area contributed by atoms with Gasteiger partial charge in [-0.2, -0.15) is 0 Å². The Kier molecular flexibility index (Phi) is 4.95. The lowest BCUT2D eigenvalue weighted by atomic mass is 10.1. The van der Waals surface area contributed by atoms with Crippen molar-refractivity contribution in [2.45, 2.75) is 13.3 Å². The van der Waals surface area contributed by atoms with E-state index in [-0.39, 0.29) is 0 Å². The largest absolute Gasteiger partial charge is 0.340 e. The molecule has 3 heterocycles. The second-order valence-electron chi connectivity index (χ2n) is 7.17. The maximum absolute atomic E-state index is 4.67. The molecule has 1 N–H and O–H groups in total. The molecule has 0 aliphatic rings. The third-order valence-electron chi connectivity index (χ3n) is 4.94. The van der Waals surface area contributed by atoms with Crippen molar-refractivity contribution in [1.82, 2.24) is 15.0 Å². The molecule has 0 amide bonds. The number of benzene rings is 2. The van der Waals surface area contributed by atoms with E-state index >= 15 is 0 Å². The number of fused-ring (bicyclic) bond motifs is 1. The van der Waals surface area contributed by atoms with Crippen LogP contribution in [0.1, 0.15) is 17.0 Å². The molecule has 0 saturated heterocycles. The third-order valence-corrected chi connectivity index (χ3v) is 6.02. The number of pyridine rings is 1. The van der Waals surface area contributed by atoms with E-state index in [0.717, 1.165) is 34.0 Å². The monoisotopic (exact) mass is 408 g/mol. The van der Waals surface area contributed by atoms with Crippen molar-refractivity contribution in [2.75, 3.05) is 5.32 Å². The number of hydrogen-bond donors (Lipinski definition) is 1. The Morgan fingerprint density at radius 3 is 2.33 bits per heavy atom. The fourth-order valence-corrected chi connectivity index (χ4v) is 4.53. The van der Waals surface area contributed by atoms with Gasteiger partial charge in [0.1, 0.15) is 16.5 Å². The molecule has 0 aliphatic heterocycles. The summed E-state index contributed by atoms with van der Waals surface area (Å²) in [4.78, 5) is 15.6. The first-order valence-electron chi connectivity index (χ1n) is 9.83. The molecule has 0 saturated carbocycles. The lowest BCUT2D eigenvalue weighted by Crippen LogP contribution is -1.98. The number of aromatic nitrogens is 3. The van der Waals surface area contributed by atoms with Crippen LogP contribution >= 0.6 is 11.3 Å². The zero-order valence-electron chi connectivity index (χ0n) is 16.5. The van der Waals surface area contributed by atoms with E-state index in [2.05, 4.69) is 74.9 Å². The summed E-state index contributed by atoms with van der Waals surface area (Å²) < 4.78 is 0. The van der Waals surface area contributed by atoms with Crippen molar-refractivity contribution in [2.24, 2.45) is 0 Å². The van der Waals surface area contributed by atoms with Crippen LogP contribution in [-0.2, 0) is 6.42 Å². The molecule has 5 rings (SSSR count). The second kappa shape index (κ2) is 8.05. The SMILES string of the molecule is Cc1nc(Nc2ccc(Cc3ccncc3)cc2)c2cc(-c3ccccc3)sc2n1. The van der Waals surface area contributed by atoms with Gasteiger partial charge in [-0.1, -0.05) is 42.5 Å². The standard InChI is InChI=1S/C25H20N4S/c1-17-27-24(22-16-23(30-25(22)28-17)20-5-3-2-4-6-20)29-21-9-7-18(8-10-21)15-19-11-13-26-14-12-19/h2-14,16H,15H2,1H3,(H,27,28,29). The smallest absolute Gasteiger partial charge is 0.142 e. The number of nitrogens with zero attached hydrogens (tertiary/aromatic N) is 3. The molecule has 0 atom stereocenters. The fraction of sp³-hybridized carbons (Fsp3) is 0.0800. The average Bonchev–Trinajstić information content (AvgIpc) is 3.21.